The second kappa shape index (κ2) is 8.73. The van der Waals surface area contributed by atoms with E-state index < -0.39 is 6.10 Å². The van der Waals surface area contributed by atoms with Crippen molar-refractivity contribution in [3.63, 3.8) is 0 Å². The molecule has 3 aromatic carbocycles. The van der Waals surface area contributed by atoms with Gasteiger partial charge in [-0.05, 0) is 42.8 Å². The van der Waals surface area contributed by atoms with Gasteiger partial charge in [0.05, 0.1) is 16.8 Å². The monoisotopic (exact) mass is 393 g/mol. The van der Waals surface area contributed by atoms with Crippen molar-refractivity contribution < 1.29 is 9.50 Å². The molecule has 0 saturated heterocycles. The van der Waals surface area contributed by atoms with Crippen LogP contribution in [0.1, 0.15) is 23.6 Å². The van der Waals surface area contributed by atoms with Crippen molar-refractivity contribution in [1.29, 1.82) is 0 Å². The van der Waals surface area contributed by atoms with Crippen molar-refractivity contribution in [2.75, 3.05) is 0 Å². The summed E-state index contributed by atoms with van der Waals surface area (Å²) in [5, 5.41) is 10.7. The Balaban J connectivity index is 2.01. The summed E-state index contributed by atoms with van der Waals surface area (Å²) in [6, 6.07) is 24.1. The summed E-state index contributed by atoms with van der Waals surface area (Å²) in [4.78, 5) is 4.83. The summed E-state index contributed by atoms with van der Waals surface area (Å²) < 4.78 is 13.5. The van der Waals surface area contributed by atoms with Crippen molar-refractivity contribution in [3.8, 4) is 23.1 Å². The zero-order valence-electron chi connectivity index (χ0n) is 16.5. The van der Waals surface area contributed by atoms with Crippen LogP contribution < -0.4 is 0 Å². The SMILES string of the molecule is CC(O)C#Cc1c(-c2ccc(F)cc2)nc2ccccc2c1/C=C/c1ccccc1. The van der Waals surface area contributed by atoms with Crippen LogP contribution in [0.5, 0.6) is 0 Å². The molecule has 30 heavy (non-hydrogen) atoms. The average molecular weight is 393 g/mol. The number of halogens is 1. The highest BCUT2D eigenvalue weighted by Crippen LogP contribution is 2.31. The van der Waals surface area contributed by atoms with Crippen molar-refractivity contribution in [2.45, 2.75) is 13.0 Å². The lowest BCUT2D eigenvalue weighted by Crippen LogP contribution is -1.98. The highest BCUT2D eigenvalue weighted by Gasteiger charge is 2.14. The molecular formula is C27H20FNO. The molecule has 0 fully saturated rings. The molecule has 0 saturated carbocycles. The molecule has 0 amide bonds. The van der Waals surface area contributed by atoms with Gasteiger partial charge in [0, 0.05) is 16.5 Å². The summed E-state index contributed by atoms with van der Waals surface area (Å²) in [6.45, 7) is 1.62. The van der Waals surface area contributed by atoms with Crippen LogP contribution in [0.2, 0.25) is 0 Å². The fraction of sp³-hybridized carbons (Fsp3) is 0.0741. The van der Waals surface area contributed by atoms with Crippen LogP contribution in [0.15, 0.2) is 78.9 Å². The van der Waals surface area contributed by atoms with Gasteiger partial charge in [-0.25, -0.2) is 9.37 Å². The van der Waals surface area contributed by atoms with E-state index in [1.807, 2.05) is 66.7 Å². The van der Waals surface area contributed by atoms with Crippen molar-refractivity contribution >= 4 is 23.1 Å². The number of rotatable bonds is 3. The Bertz CT molecular complexity index is 1260. The lowest BCUT2D eigenvalue weighted by Gasteiger charge is -2.12. The average Bonchev–Trinajstić information content (AvgIpc) is 2.77. The summed E-state index contributed by atoms with van der Waals surface area (Å²) in [7, 11) is 0. The van der Waals surface area contributed by atoms with E-state index in [1.54, 1.807) is 19.1 Å². The van der Waals surface area contributed by atoms with Gasteiger partial charge >= 0.3 is 0 Å². The Kier molecular flexibility index (Phi) is 5.70. The quantitative estimate of drug-likeness (QED) is 0.437. The topological polar surface area (TPSA) is 33.1 Å². The van der Waals surface area contributed by atoms with Gasteiger partial charge in [0.1, 0.15) is 11.9 Å². The number of hydrogen-bond acceptors (Lipinski definition) is 2. The smallest absolute Gasteiger partial charge is 0.123 e. The third-order valence-electron chi connectivity index (χ3n) is 4.70. The van der Waals surface area contributed by atoms with Crippen molar-refractivity contribution in [2.24, 2.45) is 0 Å². The minimum atomic E-state index is -0.775. The molecule has 0 aliphatic heterocycles. The number of hydrogen-bond donors (Lipinski definition) is 1. The highest BCUT2D eigenvalue weighted by molar-refractivity contribution is 5.96. The fourth-order valence-corrected chi connectivity index (χ4v) is 3.27. The first-order valence-electron chi connectivity index (χ1n) is 9.73. The zero-order valence-corrected chi connectivity index (χ0v) is 16.5. The lowest BCUT2D eigenvalue weighted by atomic mass is 9.96. The Labute approximate surface area is 175 Å². The number of benzene rings is 3. The minimum Gasteiger partial charge on any atom is -0.381 e. The first-order chi connectivity index (χ1) is 14.6. The Morgan fingerprint density at radius 2 is 1.60 bits per heavy atom. The molecule has 3 heteroatoms. The van der Waals surface area contributed by atoms with Crippen LogP contribution in [0.25, 0.3) is 34.3 Å². The molecule has 1 aromatic heterocycles. The maximum atomic E-state index is 13.5. The first-order valence-corrected chi connectivity index (χ1v) is 9.73. The molecule has 4 aromatic rings. The minimum absolute atomic E-state index is 0.305. The van der Waals surface area contributed by atoms with Crippen molar-refractivity contribution in [3.05, 3.63) is 101 Å². The third kappa shape index (κ3) is 4.30. The van der Waals surface area contributed by atoms with Crippen LogP contribution in [0, 0.1) is 17.7 Å². The zero-order chi connectivity index (χ0) is 20.9. The van der Waals surface area contributed by atoms with Crippen LogP contribution >= 0.6 is 0 Å². The molecule has 0 radical (unpaired) electrons. The number of pyridine rings is 1. The van der Waals surface area contributed by atoms with E-state index in [0.29, 0.717) is 11.3 Å². The van der Waals surface area contributed by atoms with Gasteiger partial charge in [-0.15, -0.1) is 0 Å². The predicted octanol–water partition coefficient (Wildman–Crippen LogP) is 5.94. The Morgan fingerprint density at radius 1 is 0.900 bits per heavy atom. The molecule has 0 spiro atoms. The number of nitrogens with zero attached hydrogens (tertiary/aromatic N) is 1. The molecule has 2 nitrogen and oxygen atoms in total. The number of aliphatic hydroxyl groups is 1. The molecule has 1 heterocycles. The highest BCUT2D eigenvalue weighted by atomic mass is 19.1. The lowest BCUT2D eigenvalue weighted by molar-refractivity contribution is 0.253. The largest absolute Gasteiger partial charge is 0.381 e. The van der Waals surface area contributed by atoms with Crippen LogP contribution in [-0.4, -0.2) is 16.2 Å². The van der Waals surface area contributed by atoms with E-state index in [4.69, 9.17) is 4.98 Å². The molecule has 146 valence electrons. The predicted molar refractivity (Wildman–Crippen MR) is 121 cm³/mol. The maximum Gasteiger partial charge on any atom is 0.123 e. The second-order valence-corrected chi connectivity index (χ2v) is 6.96. The number of aromatic nitrogens is 1. The molecule has 1 unspecified atom stereocenters. The molecule has 1 atom stereocenters. The summed E-state index contributed by atoms with van der Waals surface area (Å²) in [6.07, 6.45) is 3.28. The van der Waals surface area contributed by atoms with E-state index in [2.05, 4.69) is 11.8 Å². The van der Waals surface area contributed by atoms with Crippen LogP contribution in [-0.2, 0) is 0 Å². The van der Waals surface area contributed by atoms with E-state index in [9.17, 15) is 9.50 Å². The van der Waals surface area contributed by atoms with Gasteiger partial charge in [-0.3, -0.25) is 0 Å². The fourth-order valence-electron chi connectivity index (χ4n) is 3.27. The normalized spacial score (nSPS) is 12.0. The van der Waals surface area contributed by atoms with E-state index in [-0.39, 0.29) is 5.82 Å². The van der Waals surface area contributed by atoms with Crippen LogP contribution in [0.3, 0.4) is 0 Å². The summed E-state index contributed by atoms with van der Waals surface area (Å²) in [5.74, 6) is 5.65. The number of para-hydroxylation sites is 1. The van der Waals surface area contributed by atoms with E-state index in [0.717, 1.165) is 27.6 Å². The molecule has 1 N–H and O–H groups in total. The van der Waals surface area contributed by atoms with Gasteiger partial charge in [0.15, 0.2) is 0 Å². The van der Waals surface area contributed by atoms with Crippen LogP contribution in [0.4, 0.5) is 4.39 Å². The van der Waals surface area contributed by atoms with Gasteiger partial charge in [-0.1, -0.05) is 72.5 Å². The van der Waals surface area contributed by atoms with Gasteiger partial charge < -0.3 is 5.11 Å². The van der Waals surface area contributed by atoms with Crippen molar-refractivity contribution in [1.82, 2.24) is 4.98 Å². The Hall–Kier alpha value is -3.74. The summed E-state index contributed by atoms with van der Waals surface area (Å²) in [5.41, 5.74) is 4.94. The molecule has 0 aliphatic carbocycles. The Morgan fingerprint density at radius 3 is 2.33 bits per heavy atom. The van der Waals surface area contributed by atoms with E-state index >= 15 is 0 Å². The van der Waals surface area contributed by atoms with E-state index in [1.165, 1.54) is 12.1 Å². The van der Waals surface area contributed by atoms with Gasteiger partial charge in [0.25, 0.3) is 0 Å². The standard InChI is InChI=1S/C27H20FNO/c1-19(30)11-17-25-23(18-12-20-7-3-2-4-8-20)24-9-5-6-10-26(24)29-27(25)21-13-15-22(28)16-14-21/h2-10,12-16,18-19,30H,1H3/b18-12+. The number of aliphatic hydroxyl groups excluding tert-OH is 1. The second-order valence-electron chi connectivity index (χ2n) is 6.96. The molecular weight excluding hydrogens is 373 g/mol. The number of fused-ring (bicyclic) bond motifs is 1. The maximum absolute atomic E-state index is 13.5. The summed E-state index contributed by atoms with van der Waals surface area (Å²) >= 11 is 0. The molecule has 0 aliphatic rings. The molecule has 0 bridgehead atoms. The first kappa shape index (κ1) is 19.6. The molecule has 4 rings (SSSR count). The third-order valence-corrected chi connectivity index (χ3v) is 4.70. The van der Waals surface area contributed by atoms with Gasteiger partial charge in [0.2, 0.25) is 0 Å². The van der Waals surface area contributed by atoms with Gasteiger partial charge in [-0.2, -0.15) is 0 Å².